The SMILES string of the molecule is CCC(NC(=O)c1ccc2c(c1)nc(C)n2Cc1ccc(Cl)c(Cl)c1)c1cccc(Cl)c1. The molecule has 1 amide bonds. The number of benzene rings is 3. The third-order valence-corrected chi connectivity index (χ3v) is 6.46. The van der Waals surface area contributed by atoms with E-state index >= 15 is 0 Å². The van der Waals surface area contributed by atoms with E-state index in [1.54, 1.807) is 6.07 Å². The van der Waals surface area contributed by atoms with Gasteiger partial charge in [0.05, 0.1) is 27.1 Å². The highest BCUT2D eigenvalue weighted by Gasteiger charge is 2.16. The lowest BCUT2D eigenvalue weighted by atomic mass is 10.0. The van der Waals surface area contributed by atoms with Gasteiger partial charge in [-0.25, -0.2) is 4.98 Å². The minimum absolute atomic E-state index is 0.120. The van der Waals surface area contributed by atoms with Crippen LogP contribution in [0.1, 0.15) is 46.7 Å². The van der Waals surface area contributed by atoms with E-state index in [9.17, 15) is 4.79 Å². The van der Waals surface area contributed by atoms with Gasteiger partial charge in [0.15, 0.2) is 0 Å². The number of carbonyl (C=O) groups is 1. The predicted molar refractivity (Wildman–Crippen MR) is 132 cm³/mol. The molecule has 3 aromatic carbocycles. The molecule has 0 saturated carbocycles. The molecule has 0 aliphatic rings. The summed E-state index contributed by atoms with van der Waals surface area (Å²) < 4.78 is 2.09. The molecule has 0 fully saturated rings. The van der Waals surface area contributed by atoms with E-state index in [0.717, 1.165) is 34.4 Å². The molecule has 0 bridgehead atoms. The van der Waals surface area contributed by atoms with Crippen molar-refractivity contribution in [3.05, 3.63) is 98.2 Å². The van der Waals surface area contributed by atoms with Gasteiger partial charge in [-0.3, -0.25) is 4.79 Å². The summed E-state index contributed by atoms with van der Waals surface area (Å²) in [6.07, 6.45) is 0.756. The Bertz CT molecular complexity index is 1300. The zero-order valence-electron chi connectivity index (χ0n) is 17.7. The number of carbonyl (C=O) groups excluding carboxylic acids is 1. The van der Waals surface area contributed by atoms with Crippen LogP contribution in [0.3, 0.4) is 0 Å². The van der Waals surface area contributed by atoms with Gasteiger partial charge in [0.25, 0.3) is 5.91 Å². The molecule has 4 nitrogen and oxygen atoms in total. The maximum atomic E-state index is 13.0. The van der Waals surface area contributed by atoms with Crippen LogP contribution in [0.25, 0.3) is 11.0 Å². The van der Waals surface area contributed by atoms with Crippen molar-refractivity contribution in [3.63, 3.8) is 0 Å². The zero-order valence-corrected chi connectivity index (χ0v) is 20.0. The van der Waals surface area contributed by atoms with E-state index in [4.69, 9.17) is 34.8 Å². The molecule has 0 aliphatic heterocycles. The standard InChI is InChI=1S/C25H22Cl3N3O/c1-3-22(17-5-4-6-19(26)12-17)30-25(32)18-8-10-24-23(13-18)29-15(2)31(24)14-16-7-9-20(27)21(28)11-16/h4-13,22H,3,14H2,1-2H3,(H,30,32). The third-order valence-electron chi connectivity index (χ3n) is 5.49. The topological polar surface area (TPSA) is 46.9 Å². The molecule has 1 N–H and O–H groups in total. The molecular formula is C25H22Cl3N3O. The summed E-state index contributed by atoms with van der Waals surface area (Å²) in [7, 11) is 0. The second-order valence-corrected chi connectivity index (χ2v) is 8.94. The third kappa shape index (κ3) is 4.78. The number of aryl methyl sites for hydroxylation is 1. The fraction of sp³-hybridized carbons (Fsp3) is 0.200. The van der Waals surface area contributed by atoms with E-state index < -0.39 is 0 Å². The Labute approximate surface area is 202 Å². The molecule has 0 saturated heterocycles. The number of hydrogen-bond acceptors (Lipinski definition) is 2. The number of fused-ring (bicyclic) bond motifs is 1. The largest absolute Gasteiger partial charge is 0.345 e. The summed E-state index contributed by atoms with van der Waals surface area (Å²) in [5.74, 6) is 0.712. The Morgan fingerprint density at radius 1 is 1.03 bits per heavy atom. The number of hydrogen-bond donors (Lipinski definition) is 1. The van der Waals surface area contributed by atoms with Crippen molar-refractivity contribution in [1.29, 1.82) is 0 Å². The van der Waals surface area contributed by atoms with Gasteiger partial charge in [-0.15, -0.1) is 0 Å². The van der Waals surface area contributed by atoms with E-state index in [1.165, 1.54) is 0 Å². The highest BCUT2D eigenvalue weighted by atomic mass is 35.5. The highest BCUT2D eigenvalue weighted by Crippen LogP contribution is 2.26. The Kier molecular flexibility index (Phi) is 6.75. The first-order valence-electron chi connectivity index (χ1n) is 10.3. The molecule has 0 spiro atoms. The van der Waals surface area contributed by atoms with Gasteiger partial charge in [-0.2, -0.15) is 0 Å². The fourth-order valence-electron chi connectivity index (χ4n) is 3.80. The van der Waals surface area contributed by atoms with Crippen LogP contribution in [0.5, 0.6) is 0 Å². The molecule has 32 heavy (non-hydrogen) atoms. The summed E-state index contributed by atoms with van der Waals surface area (Å²) >= 11 is 18.3. The van der Waals surface area contributed by atoms with Crippen molar-refractivity contribution in [1.82, 2.24) is 14.9 Å². The van der Waals surface area contributed by atoms with Crippen LogP contribution in [-0.4, -0.2) is 15.5 Å². The van der Waals surface area contributed by atoms with Gasteiger partial charge < -0.3 is 9.88 Å². The number of amides is 1. The van der Waals surface area contributed by atoms with Crippen LogP contribution >= 0.6 is 34.8 Å². The first-order valence-corrected chi connectivity index (χ1v) is 11.5. The second kappa shape index (κ2) is 9.53. The Morgan fingerprint density at radius 2 is 1.84 bits per heavy atom. The average Bonchev–Trinajstić information content (AvgIpc) is 3.08. The number of nitrogens with one attached hydrogen (secondary N) is 1. The molecular weight excluding hydrogens is 465 g/mol. The van der Waals surface area contributed by atoms with Crippen LogP contribution in [0.15, 0.2) is 60.7 Å². The number of imidazole rings is 1. The highest BCUT2D eigenvalue weighted by molar-refractivity contribution is 6.42. The normalized spacial score (nSPS) is 12.2. The Balaban J connectivity index is 1.58. The first kappa shape index (κ1) is 22.7. The van der Waals surface area contributed by atoms with E-state index in [0.29, 0.717) is 27.2 Å². The number of halogens is 3. The molecule has 0 aliphatic carbocycles. The lowest BCUT2D eigenvalue weighted by Crippen LogP contribution is -2.28. The average molecular weight is 487 g/mol. The minimum atomic E-state index is -0.143. The molecule has 0 radical (unpaired) electrons. The molecule has 1 heterocycles. The van der Waals surface area contributed by atoms with Crippen LogP contribution < -0.4 is 5.32 Å². The monoisotopic (exact) mass is 485 g/mol. The zero-order chi connectivity index (χ0) is 22.8. The van der Waals surface area contributed by atoms with Crippen LogP contribution in [0.4, 0.5) is 0 Å². The van der Waals surface area contributed by atoms with Crippen LogP contribution in [0, 0.1) is 6.92 Å². The summed E-state index contributed by atoms with van der Waals surface area (Å²) in [5.41, 5.74) is 4.29. The number of aromatic nitrogens is 2. The second-order valence-electron chi connectivity index (χ2n) is 7.69. The lowest BCUT2D eigenvalue weighted by Gasteiger charge is -2.18. The van der Waals surface area contributed by atoms with Crippen molar-refractivity contribution in [3.8, 4) is 0 Å². The number of rotatable bonds is 6. The Hall–Kier alpha value is -2.53. The van der Waals surface area contributed by atoms with E-state index in [2.05, 4.69) is 14.9 Å². The van der Waals surface area contributed by atoms with Crippen molar-refractivity contribution in [2.75, 3.05) is 0 Å². The summed E-state index contributed by atoms with van der Waals surface area (Å²) in [5, 5.41) is 4.81. The van der Waals surface area contributed by atoms with Gasteiger partial charge in [-0.1, -0.05) is 59.9 Å². The van der Waals surface area contributed by atoms with Crippen molar-refractivity contribution < 1.29 is 4.79 Å². The molecule has 7 heteroatoms. The summed E-state index contributed by atoms with van der Waals surface area (Å²) in [6, 6.07) is 18.6. The molecule has 1 unspecified atom stereocenters. The molecule has 4 rings (SSSR count). The van der Waals surface area contributed by atoms with Gasteiger partial charge in [0.1, 0.15) is 5.82 Å². The van der Waals surface area contributed by atoms with E-state index in [1.807, 2.05) is 68.4 Å². The summed E-state index contributed by atoms with van der Waals surface area (Å²) in [6.45, 7) is 4.59. The molecule has 1 aromatic heterocycles. The van der Waals surface area contributed by atoms with Crippen LogP contribution in [-0.2, 0) is 6.54 Å². The summed E-state index contributed by atoms with van der Waals surface area (Å²) in [4.78, 5) is 17.6. The lowest BCUT2D eigenvalue weighted by molar-refractivity contribution is 0.0935. The minimum Gasteiger partial charge on any atom is -0.345 e. The molecule has 1 atom stereocenters. The number of nitrogens with zero attached hydrogens (tertiary/aromatic N) is 2. The smallest absolute Gasteiger partial charge is 0.251 e. The maximum absolute atomic E-state index is 13.0. The van der Waals surface area contributed by atoms with E-state index in [-0.39, 0.29) is 11.9 Å². The maximum Gasteiger partial charge on any atom is 0.251 e. The molecule has 4 aromatic rings. The van der Waals surface area contributed by atoms with Crippen molar-refractivity contribution in [2.24, 2.45) is 0 Å². The van der Waals surface area contributed by atoms with Gasteiger partial charge in [-0.05, 0) is 66.9 Å². The van der Waals surface area contributed by atoms with Crippen molar-refractivity contribution in [2.45, 2.75) is 32.9 Å². The predicted octanol–water partition coefficient (Wildman–Crippen LogP) is 7.23. The van der Waals surface area contributed by atoms with Crippen molar-refractivity contribution >= 4 is 51.7 Å². The quantitative estimate of drug-likeness (QED) is 0.312. The van der Waals surface area contributed by atoms with Gasteiger partial charge >= 0.3 is 0 Å². The first-order chi connectivity index (χ1) is 15.4. The van der Waals surface area contributed by atoms with Crippen LogP contribution in [0.2, 0.25) is 15.1 Å². The molecule has 164 valence electrons. The van der Waals surface area contributed by atoms with Gasteiger partial charge in [0, 0.05) is 17.1 Å². The Morgan fingerprint density at radius 3 is 2.56 bits per heavy atom. The fourth-order valence-corrected chi connectivity index (χ4v) is 4.32. The van der Waals surface area contributed by atoms with Gasteiger partial charge in [0.2, 0.25) is 0 Å².